The summed E-state index contributed by atoms with van der Waals surface area (Å²) in [6, 6.07) is 29.8. The number of aromatic hydroxyl groups is 2. The summed E-state index contributed by atoms with van der Waals surface area (Å²) in [4.78, 5) is 16.8. The number of ether oxygens (including phenoxy) is 1. The molecule has 0 atom stereocenters. The van der Waals surface area contributed by atoms with Crippen LogP contribution in [0, 0.1) is 0 Å². The van der Waals surface area contributed by atoms with Crippen LogP contribution in [0.2, 0.25) is 10.0 Å². The zero-order chi connectivity index (χ0) is 32.9. The van der Waals surface area contributed by atoms with Crippen LogP contribution in [0.3, 0.4) is 0 Å². The maximum Gasteiger partial charge on any atom is 0.223 e. The average Bonchev–Trinajstić information content (AvgIpc) is 3.08. The molecular formula is C36H28Cl2N6O3. The number of hydrogen-bond donors (Lipinski definition) is 4. The molecule has 234 valence electrons. The second kappa shape index (κ2) is 13.8. The summed E-state index contributed by atoms with van der Waals surface area (Å²) < 4.78 is 5.16. The summed E-state index contributed by atoms with van der Waals surface area (Å²) in [6.07, 6.45) is 3.27. The van der Waals surface area contributed by atoms with Crippen molar-refractivity contribution in [1.29, 1.82) is 0 Å². The van der Waals surface area contributed by atoms with Gasteiger partial charge in [-0.3, -0.25) is 0 Å². The first-order chi connectivity index (χ1) is 22.8. The number of phenols is 2. The molecule has 7 aromatic rings. The largest absolute Gasteiger partial charge is 0.506 e. The van der Waals surface area contributed by atoms with E-state index in [0.717, 1.165) is 39.0 Å². The third-order valence-electron chi connectivity index (χ3n) is 7.32. The van der Waals surface area contributed by atoms with Gasteiger partial charge < -0.3 is 26.0 Å². The van der Waals surface area contributed by atoms with Crippen LogP contribution in [0.4, 0.5) is 11.9 Å². The molecule has 5 N–H and O–H groups in total. The van der Waals surface area contributed by atoms with E-state index < -0.39 is 0 Å². The van der Waals surface area contributed by atoms with Crippen LogP contribution in [0.25, 0.3) is 44.1 Å². The molecule has 0 saturated carbocycles. The van der Waals surface area contributed by atoms with E-state index in [2.05, 4.69) is 25.3 Å². The fraction of sp³-hybridized carbons (Fsp3) is 0.0556. The van der Waals surface area contributed by atoms with E-state index in [1.165, 1.54) is 0 Å². The molecule has 0 unspecified atom stereocenters. The zero-order valence-electron chi connectivity index (χ0n) is 25.0. The van der Waals surface area contributed by atoms with Gasteiger partial charge in [0.25, 0.3) is 0 Å². The van der Waals surface area contributed by atoms with Crippen LogP contribution in [0.15, 0.2) is 109 Å². The fourth-order valence-corrected chi connectivity index (χ4v) is 5.47. The molecule has 2 heterocycles. The van der Waals surface area contributed by atoms with Crippen molar-refractivity contribution in [2.24, 2.45) is 0 Å². The number of aromatic nitrogens is 4. The first kappa shape index (κ1) is 31.3. The van der Waals surface area contributed by atoms with Crippen molar-refractivity contribution in [2.75, 3.05) is 18.2 Å². The second-order valence-electron chi connectivity index (χ2n) is 10.4. The molecule has 2 aromatic heterocycles. The topological polar surface area (TPSA) is 139 Å². The number of rotatable bonds is 6. The fourth-order valence-electron chi connectivity index (χ4n) is 4.98. The lowest BCUT2D eigenvalue weighted by Crippen LogP contribution is -2.03. The Morgan fingerprint density at radius 3 is 1.79 bits per heavy atom. The van der Waals surface area contributed by atoms with E-state index in [9.17, 15) is 10.2 Å². The molecule has 0 aliphatic rings. The van der Waals surface area contributed by atoms with Gasteiger partial charge in [0.15, 0.2) is 0 Å². The van der Waals surface area contributed by atoms with Gasteiger partial charge in [0.1, 0.15) is 28.3 Å². The monoisotopic (exact) mass is 662 g/mol. The van der Waals surface area contributed by atoms with E-state index in [0.29, 0.717) is 39.0 Å². The number of nitrogens with zero attached hydrogens (tertiary/aromatic N) is 4. The predicted molar refractivity (Wildman–Crippen MR) is 188 cm³/mol. The number of fused-ring (bicyclic) bond motifs is 2. The Hall–Kier alpha value is -5.64. The molecule has 0 aliphatic carbocycles. The van der Waals surface area contributed by atoms with Gasteiger partial charge in [-0.15, -0.1) is 0 Å². The molecule has 7 rings (SSSR count). The van der Waals surface area contributed by atoms with E-state index in [1.807, 2.05) is 78.9 Å². The lowest BCUT2D eigenvalue weighted by molar-refractivity contribution is 0.414. The van der Waals surface area contributed by atoms with Gasteiger partial charge in [0.05, 0.1) is 7.11 Å². The lowest BCUT2D eigenvalue weighted by atomic mass is 10.0. The molecule has 0 fully saturated rings. The zero-order valence-corrected chi connectivity index (χ0v) is 26.5. The Bertz CT molecular complexity index is 2210. The highest BCUT2D eigenvalue weighted by atomic mass is 35.5. The molecular weight excluding hydrogens is 635 g/mol. The van der Waals surface area contributed by atoms with Crippen molar-refractivity contribution >= 4 is 56.9 Å². The van der Waals surface area contributed by atoms with Gasteiger partial charge >= 0.3 is 0 Å². The molecule has 9 nitrogen and oxygen atoms in total. The molecule has 0 bridgehead atoms. The Morgan fingerprint density at radius 1 is 0.702 bits per heavy atom. The van der Waals surface area contributed by atoms with Crippen molar-refractivity contribution in [3.63, 3.8) is 0 Å². The lowest BCUT2D eigenvalue weighted by Gasteiger charge is -2.10. The summed E-state index contributed by atoms with van der Waals surface area (Å²) in [5.41, 5.74) is 10.8. The Morgan fingerprint density at radius 2 is 1.23 bits per heavy atom. The number of nitrogens with two attached hydrogens (primary N) is 1. The number of methoxy groups -OCH3 is 1. The summed E-state index contributed by atoms with van der Waals surface area (Å²) in [5, 5.41) is 26.4. The van der Waals surface area contributed by atoms with E-state index in [-0.39, 0.29) is 17.4 Å². The third kappa shape index (κ3) is 7.12. The van der Waals surface area contributed by atoms with Gasteiger partial charge in [-0.25, -0.2) is 19.9 Å². The van der Waals surface area contributed by atoms with Gasteiger partial charge in [0, 0.05) is 50.9 Å². The molecule has 0 radical (unpaired) electrons. The number of hydrogen-bond acceptors (Lipinski definition) is 9. The number of phenolic OH excluding ortho intramolecular Hbond substituents is 2. The van der Waals surface area contributed by atoms with Crippen LogP contribution in [0.5, 0.6) is 17.2 Å². The van der Waals surface area contributed by atoms with Crippen molar-refractivity contribution < 1.29 is 14.9 Å². The molecule has 0 aliphatic heterocycles. The summed E-state index contributed by atoms with van der Waals surface area (Å²) >= 11 is 12.4. The number of nitrogens with one attached hydrogen (secondary N) is 1. The van der Waals surface area contributed by atoms with Crippen LogP contribution >= 0.6 is 23.2 Å². The minimum Gasteiger partial charge on any atom is -0.506 e. The summed E-state index contributed by atoms with van der Waals surface area (Å²) in [6.45, 7) is 0.563. The first-order valence-electron chi connectivity index (χ1n) is 14.4. The van der Waals surface area contributed by atoms with Crippen molar-refractivity contribution in [3.8, 4) is 39.5 Å². The average molecular weight is 664 g/mol. The van der Waals surface area contributed by atoms with Crippen LogP contribution in [-0.2, 0) is 6.54 Å². The standard InChI is InChI=1S/C22H18ClN3O2.C14H10ClN3O/c1-28-17-8-6-14(7-9-17)12-24-22-25-13-16-10-15(11-20(27)21(16)26-22)18-4-2-3-5-19(18)23;15-11-4-2-1-3-10(11)8-5-9-7-17-14(16)18-13(9)12(19)6-8/h2-11,13,27H,12H2,1H3,(H,24,25,26);1-7,19H,(H2,16,17,18). The second-order valence-corrected chi connectivity index (χ2v) is 11.3. The minimum absolute atomic E-state index is 0.0570. The van der Waals surface area contributed by atoms with E-state index in [1.54, 1.807) is 37.7 Å². The number of nitrogen functional groups attached to an aromatic ring is 1. The Kier molecular flexibility index (Phi) is 9.19. The molecule has 47 heavy (non-hydrogen) atoms. The Labute approximate surface area is 280 Å². The normalized spacial score (nSPS) is 10.8. The maximum atomic E-state index is 10.5. The third-order valence-corrected chi connectivity index (χ3v) is 7.98. The number of halogens is 2. The Balaban J connectivity index is 0.000000177. The molecule has 0 saturated heterocycles. The molecule has 0 spiro atoms. The first-order valence-corrected chi connectivity index (χ1v) is 15.2. The molecule has 5 aromatic carbocycles. The summed E-state index contributed by atoms with van der Waals surface area (Å²) in [7, 11) is 1.64. The van der Waals surface area contributed by atoms with Gasteiger partial charge in [-0.2, -0.15) is 0 Å². The SMILES string of the molecule is COc1ccc(CNc2ncc3cc(-c4ccccc4Cl)cc(O)c3n2)cc1.Nc1ncc2cc(-c3ccccc3Cl)cc(O)c2n1. The highest BCUT2D eigenvalue weighted by Crippen LogP contribution is 2.35. The predicted octanol–water partition coefficient (Wildman–Crippen LogP) is 8.51. The number of benzene rings is 5. The van der Waals surface area contributed by atoms with Crippen molar-refractivity contribution in [2.45, 2.75) is 6.54 Å². The van der Waals surface area contributed by atoms with Gasteiger partial charge in [-0.05, 0) is 65.2 Å². The van der Waals surface area contributed by atoms with E-state index >= 15 is 0 Å². The van der Waals surface area contributed by atoms with E-state index in [4.69, 9.17) is 33.7 Å². The minimum atomic E-state index is 0.0570. The smallest absolute Gasteiger partial charge is 0.223 e. The van der Waals surface area contributed by atoms with Gasteiger partial charge in [0.2, 0.25) is 11.9 Å². The highest BCUT2D eigenvalue weighted by Gasteiger charge is 2.11. The van der Waals surface area contributed by atoms with Crippen molar-refractivity contribution in [3.05, 3.63) is 125 Å². The highest BCUT2D eigenvalue weighted by molar-refractivity contribution is 6.33. The summed E-state index contributed by atoms with van der Waals surface area (Å²) in [5.74, 6) is 1.53. The number of anilines is 2. The van der Waals surface area contributed by atoms with Gasteiger partial charge in [-0.1, -0.05) is 71.7 Å². The quantitative estimate of drug-likeness (QED) is 0.138. The van der Waals surface area contributed by atoms with Crippen LogP contribution < -0.4 is 15.8 Å². The van der Waals surface area contributed by atoms with Crippen molar-refractivity contribution in [1.82, 2.24) is 19.9 Å². The van der Waals surface area contributed by atoms with Crippen LogP contribution in [-0.4, -0.2) is 37.3 Å². The molecule has 0 amide bonds. The maximum absolute atomic E-state index is 10.5. The molecule has 11 heteroatoms. The van der Waals surface area contributed by atoms with Crippen LogP contribution in [0.1, 0.15) is 5.56 Å².